The molecule has 2 aromatic rings. The first-order valence-corrected chi connectivity index (χ1v) is 8.55. The standard InChI is InChI=1S/C18H25N5O/c1-15-13-21-23(14-15)17-5-3-16(4-6-17)18(24)20-7-2-10-22-11-8-19-9-12-22/h3-6,13-14,19H,2,7-12H2,1H3,(H,20,24). The molecule has 2 N–H and O–H groups in total. The first-order chi connectivity index (χ1) is 11.7. The summed E-state index contributed by atoms with van der Waals surface area (Å²) < 4.78 is 1.81. The molecular weight excluding hydrogens is 302 g/mol. The van der Waals surface area contributed by atoms with E-state index in [0.717, 1.165) is 50.4 Å². The smallest absolute Gasteiger partial charge is 0.251 e. The minimum Gasteiger partial charge on any atom is -0.352 e. The number of piperazine rings is 1. The van der Waals surface area contributed by atoms with E-state index in [1.807, 2.05) is 48.3 Å². The van der Waals surface area contributed by atoms with E-state index >= 15 is 0 Å². The van der Waals surface area contributed by atoms with Crippen LogP contribution in [0.1, 0.15) is 22.3 Å². The van der Waals surface area contributed by atoms with Gasteiger partial charge in [-0.25, -0.2) is 4.68 Å². The minimum atomic E-state index is -0.0153. The van der Waals surface area contributed by atoms with Gasteiger partial charge in [0.1, 0.15) is 0 Å². The number of nitrogens with one attached hydrogen (secondary N) is 2. The lowest BCUT2D eigenvalue weighted by Gasteiger charge is -2.27. The molecular formula is C18H25N5O. The lowest BCUT2D eigenvalue weighted by Crippen LogP contribution is -2.44. The van der Waals surface area contributed by atoms with Crippen molar-refractivity contribution in [3.05, 3.63) is 47.8 Å². The zero-order valence-electron chi connectivity index (χ0n) is 14.2. The van der Waals surface area contributed by atoms with Crippen molar-refractivity contribution in [1.29, 1.82) is 0 Å². The summed E-state index contributed by atoms with van der Waals surface area (Å²) in [5, 5.41) is 10.6. The second-order valence-electron chi connectivity index (χ2n) is 6.21. The number of nitrogens with zero attached hydrogens (tertiary/aromatic N) is 3. The summed E-state index contributed by atoms with van der Waals surface area (Å²) in [5.41, 5.74) is 2.75. The maximum atomic E-state index is 12.2. The summed E-state index contributed by atoms with van der Waals surface area (Å²) >= 11 is 0. The highest BCUT2D eigenvalue weighted by molar-refractivity contribution is 5.94. The van der Waals surface area contributed by atoms with Crippen LogP contribution in [0.15, 0.2) is 36.7 Å². The van der Waals surface area contributed by atoms with Crippen molar-refractivity contribution in [3.63, 3.8) is 0 Å². The van der Waals surface area contributed by atoms with Gasteiger partial charge in [-0.05, 0) is 49.7 Å². The van der Waals surface area contributed by atoms with Gasteiger partial charge in [-0.2, -0.15) is 5.10 Å². The molecule has 0 radical (unpaired) electrons. The second kappa shape index (κ2) is 8.08. The Morgan fingerprint density at radius 1 is 1.25 bits per heavy atom. The normalized spacial score (nSPS) is 15.4. The molecule has 0 atom stereocenters. The van der Waals surface area contributed by atoms with Crippen molar-refractivity contribution in [3.8, 4) is 5.69 Å². The molecule has 1 saturated heterocycles. The SMILES string of the molecule is Cc1cnn(-c2ccc(C(=O)NCCCN3CCNCC3)cc2)c1. The molecule has 1 aromatic heterocycles. The number of amides is 1. The molecule has 6 nitrogen and oxygen atoms in total. The Morgan fingerprint density at radius 2 is 2.00 bits per heavy atom. The quantitative estimate of drug-likeness (QED) is 0.783. The predicted molar refractivity (Wildman–Crippen MR) is 94.6 cm³/mol. The summed E-state index contributed by atoms with van der Waals surface area (Å²) in [5.74, 6) is -0.0153. The van der Waals surface area contributed by atoms with E-state index in [9.17, 15) is 4.79 Å². The third-order valence-electron chi connectivity index (χ3n) is 4.25. The molecule has 1 aliphatic heterocycles. The van der Waals surface area contributed by atoms with Crippen molar-refractivity contribution in [1.82, 2.24) is 25.3 Å². The predicted octanol–water partition coefficient (Wildman–Crippen LogP) is 1.21. The van der Waals surface area contributed by atoms with Gasteiger partial charge in [0.25, 0.3) is 5.91 Å². The largest absolute Gasteiger partial charge is 0.352 e. The van der Waals surface area contributed by atoms with Crippen molar-refractivity contribution in [2.75, 3.05) is 39.3 Å². The van der Waals surface area contributed by atoms with E-state index in [-0.39, 0.29) is 5.91 Å². The molecule has 0 bridgehead atoms. The van der Waals surface area contributed by atoms with Crippen LogP contribution in [0.2, 0.25) is 0 Å². The van der Waals surface area contributed by atoms with Gasteiger partial charge in [0, 0.05) is 44.5 Å². The molecule has 24 heavy (non-hydrogen) atoms. The average Bonchev–Trinajstić information content (AvgIpc) is 3.06. The lowest BCUT2D eigenvalue weighted by atomic mass is 10.2. The molecule has 128 valence electrons. The van der Waals surface area contributed by atoms with Gasteiger partial charge in [-0.1, -0.05) is 0 Å². The van der Waals surface area contributed by atoms with E-state index < -0.39 is 0 Å². The third-order valence-corrected chi connectivity index (χ3v) is 4.25. The van der Waals surface area contributed by atoms with E-state index in [1.54, 1.807) is 0 Å². The van der Waals surface area contributed by atoms with Crippen LogP contribution in [0.25, 0.3) is 5.69 Å². The van der Waals surface area contributed by atoms with Gasteiger partial charge in [0.15, 0.2) is 0 Å². The van der Waals surface area contributed by atoms with E-state index in [0.29, 0.717) is 12.1 Å². The fourth-order valence-electron chi connectivity index (χ4n) is 2.86. The Bertz CT molecular complexity index is 658. The number of hydrogen-bond acceptors (Lipinski definition) is 4. The molecule has 0 saturated carbocycles. The van der Waals surface area contributed by atoms with Gasteiger partial charge < -0.3 is 15.5 Å². The summed E-state index contributed by atoms with van der Waals surface area (Å²) in [4.78, 5) is 14.6. The van der Waals surface area contributed by atoms with Crippen LogP contribution >= 0.6 is 0 Å². The van der Waals surface area contributed by atoms with Crippen LogP contribution < -0.4 is 10.6 Å². The summed E-state index contributed by atoms with van der Waals surface area (Å²) in [6.45, 7) is 8.09. The highest BCUT2D eigenvalue weighted by Gasteiger charge is 2.09. The Balaban J connectivity index is 1.44. The lowest BCUT2D eigenvalue weighted by molar-refractivity contribution is 0.0951. The molecule has 6 heteroatoms. The topological polar surface area (TPSA) is 62.2 Å². The van der Waals surface area contributed by atoms with Crippen LogP contribution in [-0.2, 0) is 0 Å². The number of carbonyl (C=O) groups is 1. The third kappa shape index (κ3) is 4.43. The van der Waals surface area contributed by atoms with Crippen molar-refractivity contribution < 1.29 is 4.79 Å². The first-order valence-electron chi connectivity index (χ1n) is 8.55. The van der Waals surface area contributed by atoms with Crippen molar-refractivity contribution >= 4 is 5.91 Å². The van der Waals surface area contributed by atoms with Gasteiger partial charge in [-0.15, -0.1) is 0 Å². The zero-order chi connectivity index (χ0) is 16.8. The molecule has 1 amide bonds. The Morgan fingerprint density at radius 3 is 2.67 bits per heavy atom. The number of benzene rings is 1. The van der Waals surface area contributed by atoms with Gasteiger partial charge in [0.05, 0.1) is 11.9 Å². The number of rotatable bonds is 6. The molecule has 1 aromatic carbocycles. The van der Waals surface area contributed by atoms with Crippen LogP contribution in [0, 0.1) is 6.92 Å². The van der Waals surface area contributed by atoms with Crippen molar-refractivity contribution in [2.24, 2.45) is 0 Å². The van der Waals surface area contributed by atoms with Crippen LogP contribution in [0.4, 0.5) is 0 Å². The molecule has 0 aliphatic carbocycles. The summed E-state index contributed by atoms with van der Waals surface area (Å²) in [7, 11) is 0. The maximum absolute atomic E-state index is 12.2. The van der Waals surface area contributed by atoms with E-state index in [4.69, 9.17) is 0 Å². The van der Waals surface area contributed by atoms with E-state index in [1.165, 1.54) is 0 Å². The summed E-state index contributed by atoms with van der Waals surface area (Å²) in [6.07, 6.45) is 4.76. The molecule has 2 heterocycles. The fraction of sp³-hybridized carbons (Fsp3) is 0.444. The second-order valence-corrected chi connectivity index (χ2v) is 6.21. The van der Waals surface area contributed by atoms with Crippen LogP contribution in [0.3, 0.4) is 0 Å². The Labute approximate surface area is 142 Å². The molecule has 1 aliphatic rings. The highest BCUT2D eigenvalue weighted by Crippen LogP contribution is 2.10. The van der Waals surface area contributed by atoms with E-state index in [2.05, 4.69) is 20.6 Å². The van der Waals surface area contributed by atoms with Crippen LogP contribution in [0.5, 0.6) is 0 Å². The summed E-state index contributed by atoms with van der Waals surface area (Å²) in [6, 6.07) is 7.53. The zero-order valence-corrected chi connectivity index (χ0v) is 14.2. The highest BCUT2D eigenvalue weighted by atomic mass is 16.1. The number of carbonyl (C=O) groups excluding carboxylic acids is 1. The fourth-order valence-corrected chi connectivity index (χ4v) is 2.86. The monoisotopic (exact) mass is 327 g/mol. The average molecular weight is 327 g/mol. The first kappa shape index (κ1) is 16.7. The maximum Gasteiger partial charge on any atom is 0.251 e. The van der Waals surface area contributed by atoms with Gasteiger partial charge >= 0.3 is 0 Å². The van der Waals surface area contributed by atoms with Gasteiger partial charge in [0.2, 0.25) is 0 Å². The molecule has 3 rings (SSSR count). The Kier molecular flexibility index (Phi) is 5.61. The Hall–Kier alpha value is -2.18. The molecule has 0 spiro atoms. The van der Waals surface area contributed by atoms with Gasteiger partial charge in [-0.3, -0.25) is 4.79 Å². The molecule has 1 fully saturated rings. The molecule has 0 unspecified atom stereocenters. The number of aromatic nitrogens is 2. The number of aryl methyl sites for hydroxylation is 1. The van der Waals surface area contributed by atoms with Crippen LogP contribution in [-0.4, -0.2) is 59.9 Å². The minimum absolute atomic E-state index is 0.0153. The number of hydrogen-bond donors (Lipinski definition) is 2. The van der Waals surface area contributed by atoms with Crippen molar-refractivity contribution in [2.45, 2.75) is 13.3 Å².